The van der Waals surface area contributed by atoms with Gasteiger partial charge in [-0.2, -0.15) is 0 Å². The second-order valence-electron chi connectivity index (χ2n) is 7.20. The Kier molecular flexibility index (Phi) is 5.16. The molecule has 1 aromatic carbocycles. The smallest absolute Gasteiger partial charge is 0.317 e. The third kappa shape index (κ3) is 3.80. The van der Waals surface area contributed by atoms with Gasteiger partial charge in [0, 0.05) is 18.3 Å². The summed E-state index contributed by atoms with van der Waals surface area (Å²) in [7, 11) is 0. The Labute approximate surface area is 164 Å². The minimum Gasteiger partial charge on any atom is -0.368 e. The van der Waals surface area contributed by atoms with Crippen molar-refractivity contribution in [2.24, 2.45) is 0 Å². The number of imidazole rings is 1. The standard InChI is InChI=1S/C21H25N5O2/c1-15(2)23-21(27)25-11-12-28-18(13-25)20-17-9-6-10-19(26(17)14-22-20)24-16-7-4-3-5-8-16/h3-10,14-15,18,24H,11-13H2,1-2H3,(H,23,27). The van der Waals surface area contributed by atoms with Gasteiger partial charge in [-0.1, -0.05) is 24.3 Å². The van der Waals surface area contributed by atoms with E-state index in [4.69, 9.17) is 4.74 Å². The highest BCUT2D eigenvalue weighted by Gasteiger charge is 2.28. The molecule has 7 nitrogen and oxygen atoms in total. The summed E-state index contributed by atoms with van der Waals surface area (Å²) in [5, 5.41) is 6.37. The van der Waals surface area contributed by atoms with Crippen molar-refractivity contribution in [3.8, 4) is 0 Å². The lowest BCUT2D eigenvalue weighted by molar-refractivity contribution is -0.0168. The zero-order chi connectivity index (χ0) is 19.5. The van der Waals surface area contributed by atoms with Gasteiger partial charge in [-0.15, -0.1) is 0 Å². The summed E-state index contributed by atoms with van der Waals surface area (Å²) in [4.78, 5) is 18.8. The number of morpholine rings is 1. The number of carbonyl (C=O) groups excluding carboxylic acids is 1. The Balaban J connectivity index is 1.58. The highest BCUT2D eigenvalue weighted by Crippen LogP contribution is 2.27. The van der Waals surface area contributed by atoms with E-state index in [-0.39, 0.29) is 18.2 Å². The second kappa shape index (κ2) is 7.90. The van der Waals surface area contributed by atoms with Crippen molar-refractivity contribution < 1.29 is 9.53 Å². The Hall–Kier alpha value is -3.06. The molecule has 28 heavy (non-hydrogen) atoms. The normalized spacial score (nSPS) is 17.1. The van der Waals surface area contributed by atoms with E-state index < -0.39 is 0 Å². The molecule has 3 heterocycles. The highest BCUT2D eigenvalue weighted by atomic mass is 16.5. The molecule has 1 aliphatic heterocycles. The molecule has 7 heteroatoms. The molecule has 1 saturated heterocycles. The largest absolute Gasteiger partial charge is 0.368 e. The van der Waals surface area contributed by atoms with Crippen LogP contribution in [-0.4, -0.2) is 46.1 Å². The molecule has 2 N–H and O–H groups in total. The molecule has 1 fully saturated rings. The molecule has 3 aromatic rings. The zero-order valence-corrected chi connectivity index (χ0v) is 16.1. The number of benzene rings is 1. The summed E-state index contributed by atoms with van der Waals surface area (Å²) in [6, 6.07) is 16.1. The third-order valence-electron chi connectivity index (χ3n) is 4.72. The van der Waals surface area contributed by atoms with Crippen LogP contribution in [0.2, 0.25) is 0 Å². The van der Waals surface area contributed by atoms with Crippen LogP contribution in [0.15, 0.2) is 54.9 Å². The lowest BCUT2D eigenvalue weighted by Crippen LogP contribution is -2.48. The quantitative estimate of drug-likeness (QED) is 0.727. The Morgan fingerprint density at radius 2 is 2.00 bits per heavy atom. The zero-order valence-electron chi connectivity index (χ0n) is 16.1. The monoisotopic (exact) mass is 379 g/mol. The Morgan fingerprint density at radius 1 is 1.18 bits per heavy atom. The molecule has 1 aliphatic rings. The maximum absolute atomic E-state index is 12.4. The van der Waals surface area contributed by atoms with Gasteiger partial charge in [0.2, 0.25) is 0 Å². The highest BCUT2D eigenvalue weighted by molar-refractivity contribution is 5.74. The summed E-state index contributed by atoms with van der Waals surface area (Å²) in [5.41, 5.74) is 2.83. The van der Waals surface area contributed by atoms with Gasteiger partial charge in [0.05, 0.1) is 24.4 Å². The molecule has 0 saturated carbocycles. The molecule has 1 atom stereocenters. The van der Waals surface area contributed by atoms with Gasteiger partial charge in [-0.25, -0.2) is 9.78 Å². The number of hydrogen-bond acceptors (Lipinski definition) is 4. The molecule has 2 aromatic heterocycles. The summed E-state index contributed by atoms with van der Waals surface area (Å²) in [5.74, 6) is 0.924. The van der Waals surface area contributed by atoms with E-state index in [2.05, 4.69) is 15.6 Å². The fourth-order valence-electron chi connectivity index (χ4n) is 3.40. The van der Waals surface area contributed by atoms with Gasteiger partial charge in [0.15, 0.2) is 0 Å². The van der Waals surface area contributed by atoms with E-state index in [0.29, 0.717) is 19.7 Å². The lowest BCUT2D eigenvalue weighted by atomic mass is 10.2. The van der Waals surface area contributed by atoms with Gasteiger partial charge in [0.25, 0.3) is 0 Å². The number of carbonyl (C=O) groups is 1. The van der Waals surface area contributed by atoms with Crippen LogP contribution in [0.25, 0.3) is 5.52 Å². The molecule has 146 valence electrons. The van der Waals surface area contributed by atoms with Crippen LogP contribution in [0.4, 0.5) is 16.3 Å². The number of pyridine rings is 1. The molecular weight excluding hydrogens is 354 g/mol. The molecule has 2 amide bonds. The number of anilines is 2. The van der Waals surface area contributed by atoms with E-state index in [9.17, 15) is 4.79 Å². The number of amides is 2. The van der Waals surface area contributed by atoms with E-state index >= 15 is 0 Å². The Morgan fingerprint density at radius 3 is 2.79 bits per heavy atom. The van der Waals surface area contributed by atoms with Gasteiger partial charge < -0.3 is 20.3 Å². The van der Waals surface area contributed by atoms with Gasteiger partial charge >= 0.3 is 6.03 Å². The number of rotatable bonds is 4. The van der Waals surface area contributed by atoms with Crippen LogP contribution < -0.4 is 10.6 Å². The fraction of sp³-hybridized carbons (Fsp3) is 0.333. The summed E-state index contributed by atoms with van der Waals surface area (Å²) < 4.78 is 7.97. The van der Waals surface area contributed by atoms with Crippen LogP contribution in [0.3, 0.4) is 0 Å². The number of hydrogen-bond donors (Lipinski definition) is 2. The minimum absolute atomic E-state index is 0.0572. The number of urea groups is 1. The van der Waals surface area contributed by atoms with Crippen LogP contribution in [0.5, 0.6) is 0 Å². The first-order valence-corrected chi connectivity index (χ1v) is 9.57. The summed E-state index contributed by atoms with van der Waals surface area (Å²) in [6.07, 6.45) is 1.55. The van der Waals surface area contributed by atoms with Crippen LogP contribution in [-0.2, 0) is 4.74 Å². The number of fused-ring (bicyclic) bond motifs is 1. The van der Waals surface area contributed by atoms with Crippen molar-refractivity contribution in [1.29, 1.82) is 0 Å². The molecule has 0 aliphatic carbocycles. The van der Waals surface area contributed by atoms with Crippen LogP contribution in [0, 0.1) is 0 Å². The number of ether oxygens (including phenoxy) is 1. The van der Waals surface area contributed by atoms with Gasteiger partial charge in [0.1, 0.15) is 18.2 Å². The first-order chi connectivity index (χ1) is 13.6. The maximum atomic E-state index is 12.4. The van der Waals surface area contributed by atoms with Crippen LogP contribution in [0.1, 0.15) is 25.6 Å². The molecule has 4 rings (SSSR count). The SMILES string of the molecule is CC(C)NC(=O)N1CCOC(c2ncn3c(Nc4ccccc4)cccc23)C1. The topological polar surface area (TPSA) is 70.9 Å². The van der Waals surface area contributed by atoms with Crippen molar-refractivity contribution in [2.75, 3.05) is 25.0 Å². The second-order valence-corrected chi connectivity index (χ2v) is 7.20. The number of aromatic nitrogens is 2. The number of para-hydroxylation sites is 1. The third-order valence-corrected chi connectivity index (χ3v) is 4.72. The molecule has 0 radical (unpaired) electrons. The van der Waals surface area contributed by atoms with Crippen LogP contribution >= 0.6 is 0 Å². The molecule has 1 unspecified atom stereocenters. The average Bonchev–Trinajstić information content (AvgIpc) is 3.14. The van der Waals surface area contributed by atoms with E-state index in [0.717, 1.165) is 22.7 Å². The number of nitrogens with one attached hydrogen (secondary N) is 2. The van der Waals surface area contributed by atoms with Crippen molar-refractivity contribution in [3.63, 3.8) is 0 Å². The van der Waals surface area contributed by atoms with E-state index in [1.807, 2.05) is 66.8 Å². The van der Waals surface area contributed by atoms with Crippen molar-refractivity contribution in [1.82, 2.24) is 19.6 Å². The predicted octanol–water partition coefficient (Wildman–Crippen LogP) is 3.57. The average molecular weight is 379 g/mol. The van der Waals surface area contributed by atoms with E-state index in [1.165, 1.54) is 0 Å². The fourth-order valence-corrected chi connectivity index (χ4v) is 3.40. The minimum atomic E-state index is -0.247. The first-order valence-electron chi connectivity index (χ1n) is 9.57. The number of nitrogens with zero attached hydrogens (tertiary/aromatic N) is 3. The van der Waals surface area contributed by atoms with E-state index in [1.54, 1.807) is 11.2 Å². The van der Waals surface area contributed by atoms with Crippen molar-refractivity contribution in [3.05, 3.63) is 60.6 Å². The van der Waals surface area contributed by atoms with Crippen molar-refractivity contribution in [2.45, 2.75) is 26.0 Å². The summed E-state index contributed by atoms with van der Waals surface area (Å²) in [6.45, 7) is 5.49. The summed E-state index contributed by atoms with van der Waals surface area (Å²) >= 11 is 0. The molecule has 0 bridgehead atoms. The van der Waals surface area contributed by atoms with Crippen molar-refractivity contribution >= 4 is 23.1 Å². The van der Waals surface area contributed by atoms with Gasteiger partial charge in [-0.05, 0) is 38.1 Å². The molecular formula is C21H25N5O2. The first kappa shape index (κ1) is 18.3. The Bertz CT molecular complexity index is 954. The predicted molar refractivity (Wildman–Crippen MR) is 109 cm³/mol. The maximum Gasteiger partial charge on any atom is 0.317 e. The molecule has 0 spiro atoms. The van der Waals surface area contributed by atoms with Gasteiger partial charge in [-0.3, -0.25) is 4.40 Å². The lowest BCUT2D eigenvalue weighted by Gasteiger charge is -2.33.